The molecule has 2 aromatic rings. The molecule has 140 valence electrons. The van der Waals surface area contributed by atoms with E-state index in [2.05, 4.69) is 15.3 Å². The first-order valence-electron chi connectivity index (χ1n) is 9.22. The standard InChI is InChI=1S/C20H22N4O3/c1-14-16(12-21-17(23-14)15-6-3-2-4-7-15)18(25)24-10-5-8-20(9-11-24)13-22-19(26)27-20/h2-4,6-7,12H,5,8-11,13H2,1H3,(H,22,26). The molecule has 2 aliphatic rings. The predicted octanol–water partition coefficient (Wildman–Crippen LogP) is 2.56. The molecule has 7 nitrogen and oxygen atoms in total. The van der Waals surface area contributed by atoms with Crippen molar-refractivity contribution in [1.82, 2.24) is 20.2 Å². The van der Waals surface area contributed by atoms with Crippen LogP contribution in [0.15, 0.2) is 36.5 Å². The van der Waals surface area contributed by atoms with Crippen LogP contribution in [-0.2, 0) is 4.74 Å². The molecule has 2 saturated heterocycles. The lowest BCUT2D eigenvalue weighted by atomic mass is 9.95. The van der Waals surface area contributed by atoms with Crippen LogP contribution in [0.3, 0.4) is 0 Å². The monoisotopic (exact) mass is 366 g/mol. The molecule has 1 aromatic carbocycles. The van der Waals surface area contributed by atoms with Crippen LogP contribution in [0.4, 0.5) is 4.79 Å². The third kappa shape index (κ3) is 3.49. The van der Waals surface area contributed by atoms with E-state index in [1.165, 1.54) is 0 Å². The first-order chi connectivity index (χ1) is 13.1. The summed E-state index contributed by atoms with van der Waals surface area (Å²) in [5, 5.41) is 2.73. The zero-order valence-electron chi connectivity index (χ0n) is 15.3. The topological polar surface area (TPSA) is 84.4 Å². The SMILES string of the molecule is Cc1nc(-c2ccccc2)ncc1C(=O)N1CCCC2(CC1)CNC(=O)O2. The first-order valence-corrected chi connectivity index (χ1v) is 9.22. The van der Waals surface area contributed by atoms with Crippen molar-refractivity contribution < 1.29 is 14.3 Å². The number of hydrogen-bond donors (Lipinski definition) is 1. The van der Waals surface area contributed by atoms with Crippen molar-refractivity contribution in [3.05, 3.63) is 47.8 Å². The zero-order valence-corrected chi connectivity index (χ0v) is 15.3. The Morgan fingerprint density at radius 2 is 2.04 bits per heavy atom. The third-order valence-electron chi connectivity index (χ3n) is 5.29. The van der Waals surface area contributed by atoms with E-state index in [0.717, 1.165) is 18.4 Å². The lowest BCUT2D eigenvalue weighted by Crippen LogP contribution is -2.37. The molecule has 2 amide bonds. The number of ether oxygens (including phenoxy) is 1. The largest absolute Gasteiger partial charge is 0.441 e. The molecule has 4 rings (SSSR count). The number of benzene rings is 1. The lowest BCUT2D eigenvalue weighted by Gasteiger charge is -2.25. The summed E-state index contributed by atoms with van der Waals surface area (Å²) in [5.41, 5.74) is 1.63. The van der Waals surface area contributed by atoms with Gasteiger partial charge in [0.15, 0.2) is 5.82 Å². The predicted molar refractivity (Wildman–Crippen MR) is 99.2 cm³/mol. The Labute approximate surface area is 157 Å². The van der Waals surface area contributed by atoms with Crippen molar-refractivity contribution in [3.63, 3.8) is 0 Å². The molecule has 27 heavy (non-hydrogen) atoms. The highest BCUT2D eigenvalue weighted by atomic mass is 16.6. The summed E-state index contributed by atoms with van der Waals surface area (Å²) in [6, 6.07) is 9.70. The van der Waals surface area contributed by atoms with Gasteiger partial charge in [0.1, 0.15) is 5.60 Å². The van der Waals surface area contributed by atoms with Crippen molar-refractivity contribution >= 4 is 12.0 Å². The number of nitrogens with one attached hydrogen (secondary N) is 1. The van der Waals surface area contributed by atoms with Crippen LogP contribution in [0.25, 0.3) is 11.4 Å². The van der Waals surface area contributed by atoms with Gasteiger partial charge in [-0.1, -0.05) is 30.3 Å². The Balaban J connectivity index is 1.50. The van der Waals surface area contributed by atoms with Crippen LogP contribution in [0, 0.1) is 6.92 Å². The van der Waals surface area contributed by atoms with Crippen molar-refractivity contribution in [2.45, 2.75) is 31.8 Å². The fraction of sp³-hybridized carbons (Fsp3) is 0.400. The number of aryl methyl sites for hydroxylation is 1. The van der Waals surface area contributed by atoms with Gasteiger partial charge < -0.3 is 15.0 Å². The number of carbonyl (C=O) groups is 2. The van der Waals surface area contributed by atoms with Crippen molar-refractivity contribution in [2.75, 3.05) is 19.6 Å². The number of hydrogen-bond acceptors (Lipinski definition) is 5. The molecule has 1 aromatic heterocycles. The molecule has 1 spiro atoms. The summed E-state index contributed by atoms with van der Waals surface area (Å²) >= 11 is 0. The van der Waals surface area contributed by atoms with Crippen LogP contribution >= 0.6 is 0 Å². The van der Waals surface area contributed by atoms with Crippen molar-refractivity contribution in [2.24, 2.45) is 0 Å². The number of amides is 2. The number of carbonyl (C=O) groups excluding carboxylic acids is 2. The van der Waals surface area contributed by atoms with E-state index in [0.29, 0.717) is 43.1 Å². The summed E-state index contributed by atoms with van der Waals surface area (Å²) in [6.45, 7) is 3.54. The molecular weight excluding hydrogens is 344 g/mol. The van der Waals surface area contributed by atoms with E-state index in [9.17, 15) is 9.59 Å². The maximum atomic E-state index is 13.0. The molecular formula is C20H22N4O3. The minimum absolute atomic E-state index is 0.0681. The summed E-state index contributed by atoms with van der Waals surface area (Å²) < 4.78 is 5.48. The molecule has 3 heterocycles. The number of nitrogens with zero attached hydrogens (tertiary/aromatic N) is 3. The van der Waals surface area contributed by atoms with Gasteiger partial charge in [-0.2, -0.15) is 0 Å². The van der Waals surface area contributed by atoms with Gasteiger partial charge in [0, 0.05) is 31.3 Å². The Kier molecular flexibility index (Phi) is 4.51. The summed E-state index contributed by atoms with van der Waals surface area (Å²) in [4.78, 5) is 35.2. The Morgan fingerprint density at radius 3 is 2.74 bits per heavy atom. The number of rotatable bonds is 2. The molecule has 0 saturated carbocycles. The highest BCUT2D eigenvalue weighted by Gasteiger charge is 2.42. The van der Waals surface area contributed by atoms with Crippen LogP contribution in [0.5, 0.6) is 0 Å². The van der Waals surface area contributed by atoms with Crippen LogP contribution in [0.1, 0.15) is 35.3 Å². The van der Waals surface area contributed by atoms with Crippen LogP contribution < -0.4 is 5.32 Å². The Morgan fingerprint density at radius 1 is 1.22 bits per heavy atom. The van der Waals surface area contributed by atoms with Gasteiger partial charge in [0.25, 0.3) is 5.91 Å². The maximum absolute atomic E-state index is 13.0. The Bertz CT molecular complexity index is 871. The lowest BCUT2D eigenvalue weighted by molar-refractivity contribution is 0.0438. The third-order valence-corrected chi connectivity index (χ3v) is 5.29. The van der Waals surface area contributed by atoms with Gasteiger partial charge in [0.05, 0.1) is 17.8 Å². The van der Waals surface area contributed by atoms with Crippen molar-refractivity contribution in [3.8, 4) is 11.4 Å². The summed E-state index contributed by atoms with van der Waals surface area (Å²) in [6.07, 6.45) is 3.45. The average molecular weight is 366 g/mol. The molecule has 1 atom stereocenters. The van der Waals surface area contributed by atoms with Gasteiger partial charge >= 0.3 is 6.09 Å². The van der Waals surface area contributed by atoms with E-state index in [4.69, 9.17) is 4.74 Å². The quantitative estimate of drug-likeness (QED) is 0.883. The molecule has 0 bridgehead atoms. The fourth-order valence-corrected chi connectivity index (χ4v) is 3.73. The summed E-state index contributed by atoms with van der Waals surface area (Å²) in [5.74, 6) is 0.546. The van der Waals surface area contributed by atoms with Gasteiger partial charge in [-0.15, -0.1) is 0 Å². The smallest absolute Gasteiger partial charge is 0.407 e. The molecule has 1 N–H and O–H groups in total. The number of aromatic nitrogens is 2. The summed E-state index contributed by atoms with van der Waals surface area (Å²) in [7, 11) is 0. The van der Waals surface area contributed by atoms with E-state index >= 15 is 0 Å². The zero-order chi connectivity index (χ0) is 18.9. The van der Waals surface area contributed by atoms with E-state index < -0.39 is 5.60 Å². The average Bonchev–Trinajstić information content (AvgIpc) is 2.92. The van der Waals surface area contributed by atoms with E-state index in [-0.39, 0.29) is 12.0 Å². The highest BCUT2D eigenvalue weighted by molar-refractivity contribution is 5.95. The molecule has 1 unspecified atom stereocenters. The fourth-order valence-electron chi connectivity index (χ4n) is 3.73. The number of likely N-dealkylation sites (tertiary alicyclic amines) is 1. The minimum Gasteiger partial charge on any atom is -0.441 e. The molecule has 0 aliphatic carbocycles. The second kappa shape index (κ2) is 6.98. The highest BCUT2D eigenvalue weighted by Crippen LogP contribution is 2.30. The molecule has 2 fully saturated rings. The molecule has 2 aliphatic heterocycles. The normalized spacial score (nSPS) is 22.3. The van der Waals surface area contributed by atoms with Crippen molar-refractivity contribution in [1.29, 1.82) is 0 Å². The second-order valence-corrected chi connectivity index (χ2v) is 7.13. The molecule has 7 heteroatoms. The van der Waals surface area contributed by atoms with Crippen LogP contribution in [0.2, 0.25) is 0 Å². The van der Waals surface area contributed by atoms with Gasteiger partial charge in [0.2, 0.25) is 0 Å². The van der Waals surface area contributed by atoms with Gasteiger partial charge in [-0.25, -0.2) is 14.8 Å². The maximum Gasteiger partial charge on any atom is 0.407 e. The number of alkyl carbamates (subject to hydrolysis) is 1. The van der Waals surface area contributed by atoms with E-state index in [1.807, 2.05) is 42.2 Å². The minimum atomic E-state index is -0.477. The second-order valence-electron chi connectivity index (χ2n) is 7.13. The molecule has 0 radical (unpaired) electrons. The van der Waals surface area contributed by atoms with E-state index in [1.54, 1.807) is 6.20 Å². The van der Waals surface area contributed by atoms with Gasteiger partial charge in [-0.3, -0.25) is 4.79 Å². The van der Waals surface area contributed by atoms with Gasteiger partial charge in [-0.05, 0) is 19.8 Å². The Hall–Kier alpha value is -2.96. The first kappa shape index (κ1) is 17.5. The van der Waals surface area contributed by atoms with Crippen LogP contribution in [-0.4, -0.2) is 52.1 Å².